The Hall–Kier alpha value is -0.450. The topological polar surface area (TPSA) is 12.9 Å². The summed E-state index contributed by atoms with van der Waals surface area (Å²) in [4.78, 5) is 4.18. The Bertz CT molecular complexity index is 546. The minimum atomic E-state index is -0.471. The van der Waals surface area contributed by atoms with Crippen molar-refractivity contribution in [3.05, 3.63) is 50.2 Å². The summed E-state index contributed by atoms with van der Waals surface area (Å²) in [6, 6.07) is 8.64. The molecule has 0 saturated heterocycles. The van der Waals surface area contributed by atoms with Gasteiger partial charge in [-0.15, -0.1) is 0 Å². The molecule has 0 amide bonds. The van der Waals surface area contributed by atoms with E-state index in [-0.39, 0.29) is 5.02 Å². The Kier molecular flexibility index (Phi) is 3.62. The molecule has 0 aliphatic heterocycles. The number of benzene rings is 1. The Morgan fingerprint density at radius 1 is 1.12 bits per heavy atom. The van der Waals surface area contributed by atoms with E-state index in [2.05, 4.69) is 36.8 Å². The van der Waals surface area contributed by atoms with Gasteiger partial charge in [-0.05, 0) is 56.1 Å². The van der Waals surface area contributed by atoms with Gasteiger partial charge < -0.3 is 0 Å². The van der Waals surface area contributed by atoms with Crippen LogP contribution in [0.15, 0.2) is 39.4 Å². The van der Waals surface area contributed by atoms with Crippen LogP contribution in [0.2, 0.25) is 5.02 Å². The van der Waals surface area contributed by atoms with Gasteiger partial charge in [0.1, 0.15) is 4.60 Å². The molecule has 0 unspecified atom stereocenters. The van der Waals surface area contributed by atoms with E-state index in [0.717, 1.165) is 0 Å². The fourth-order valence-electron chi connectivity index (χ4n) is 1.28. The quantitative estimate of drug-likeness (QED) is 0.508. The summed E-state index contributed by atoms with van der Waals surface area (Å²) in [5.41, 5.74) is 0.927. The maximum atomic E-state index is 13.9. The fraction of sp³-hybridized carbons (Fsp3) is 0. The first-order valence-electron chi connectivity index (χ1n) is 4.36. The van der Waals surface area contributed by atoms with E-state index in [1.54, 1.807) is 30.3 Å². The molecule has 16 heavy (non-hydrogen) atoms. The van der Waals surface area contributed by atoms with Gasteiger partial charge in [-0.1, -0.05) is 17.7 Å². The van der Waals surface area contributed by atoms with Crippen LogP contribution in [0.5, 0.6) is 0 Å². The van der Waals surface area contributed by atoms with Crippen molar-refractivity contribution in [3.63, 3.8) is 0 Å². The average molecular weight is 365 g/mol. The van der Waals surface area contributed by atoms with Crippen LogP contribution in [0.3, 0.4) is 0 Å². The predicted molar refractivity (Wildman–Crippen MR) is 70.0 cm³/mol. The van der Waals surface area contributed by atoms with Crippen molar-refractivity contribution in [2.45, 2.75) is 0 Å². The molecule has 2 aromatic rings. The third-order valence-electron chi connectivity index (χ3n) is 2.03. The lowest BCUT2D eigenvalue weighted by molar-refractivity contribution is 0.630. The molecule has 1 heterocycles. The van der Waals surface area contributed by atoms with Gasteiger partial charge in [0, 0.05) is 10.0 Å². The van der Waals surface area contributed by atoms with Gasteiger partial charge in [-0.3, -0.25) is 0 Å². The van der Waals surface area contributed by atoms with E-state index < -0.39 is 5.82 Å². The van der Waals surface area contributed by atoms with Gasteiger partial charge in [0.25, 0.3) is 0 Å². The molecule has 0 fully saturated rings. The standard InChI is InChI=1S/C11H5Br2ClFN/c12-7-5-4-6(11(15)10(7)14)8-2-1-3-9(13)16-8/h1-5H. The van der Waals surface area contributed by atoms with Gasteiger partial charge >= 0.3 is 0 Å². The van der Waals surface area contributed by atoms with Gasteiger partial charge in [-0.2, -0.15) is 0 Å². The first-order chi connectivity index (χ1) is 7.59. The third-order valence-corrected chi connectivity index (χ3v) is 3.73. The van der Waals surface area contributed by atoms with Crippen molar-refractivity contribution in [3.8, 4) is 11.3 Å². The van der Waals surface area contributed by atoms with Crippen molar-refractivity contribution in [1.29, 1.82) is 0 Å². The van der Waals surface area contributed by atoms with Gasteiger partial charge in [0.15, 0.2) is 5.82 Å². The van der Waals surface area contributed by atoms with E-state index in [1.165, 1.54) is 0 Å². The minimum Gasteiger partial charge on any atom is -0.241 e. The molecule has 82 valence electrons. The molecule has 0 aliphatic rings. The Balaban J connectivity index is 2.61. The zero-order chi connectivity index (χ0) is 11.7. The maximum absolute atomic E-state index is 13.9. The molecule has 0 spiro atoms. The summed E-state index contributed by atoms with van der Waals surface area (Å²) in [5, 5.41) is 0.0688. The Labute approximate surface area is 114 Å². The first-order valence-corrected chi connectivity index (χ1v) is 6.32. The average Bonchev–Trinajstić information content (AvgIpc) is 2.26. The third kappa shape index (κ3) is 2.29. The highest BCUT2D eigenvalue weighted by Crippen LogP contribution is 2.32. The van der Waals surface area contributed by atoms with Gasteiger partial charge in [0.05, 0.1) is 10.7 Å². The van der Waals surface area contributed by atoms with Crippen LogP contribution in [0.1, 0.15) is 0 Å². The van der Waals surface area contributed by atoms with Crippen molar-refractivity contribution < 1.29 is 4.39 Å². The number of nitrogens with zero attached hydrogens (tertiary/aromatic N) is 1. The van der Waals surface area contributed by atoms with E-state index in [4.69, 9.17) is 11.6 Å². The van der Waals surface area contributed by atoms with E-state index in [9.17, 15) is 4.39 Å². The highest BCUT2D eigenvalue weighted by molar-refractivity contribution is 9.10. The predicted octanol–water partition coefficient (Wildman–Crippen LogP) is 5.07. The highest BCUT2D eigenvalue weighted by Gasteiger charge is 2.12. The summed E-state index contributed by atoms with van der Waals surface area (Å²) in [6.45, 7) is 0. The number of aromatic nitrogens is 1. The zero-order valence-electron chi connectivity index (χ0n) is 7.85. The molecule has 5 heteroatoms. The molecule has 0 radical (unpaired) electrons. The van der Waals surface area contributed by atoms with Gasteiger partial charge in [0.2, 0.25) is 0 Å². The van der Waals surface area contributed by atoms with Crippen molar-refractivity contribution >= 4 is 43.5 Å². The van der Waals surface area contributed by atoms with Crippen LogP contribution in [0, 0.1) is 5.82 Å². The maximum Gasteiger partial charge on any atom is 0.152 e. The molecular weight excluding hydrogens is 360 g/mol. The second-order valence-corrected chi connectivity index (χ2v) is 5.11. The second kappa shape index (κ2) is 4.82. The molecule has 1 nitrogen and oxygen atoms in total. The number of hydrogen-bond donors (Lipinski definition) is 0. The van der Waals surface area contributed by atoms with Crippen molar-refractivity contribution in [1.82, 2.24) is 4.98 Å². The molecule has 2 rings (SSSR count). The normalized spacial score (nSPS) is 10.5. The smallest absolute Gasteiger partial charge is 0.152 e. The molecule has 0 bridgehead atoms. The zero-order valence-corrected chi connectivity index (χ0v) is 11.8. The summed E-state index contributed by atoms with van der Waals surface area (Å²) in [6.07, 6.45) is 0. The molecule has 0 saturated carbocycles. The van der Waals surface area contributed by atoms with E-state index >= 15 is 0 Å². The summed E-state index contributed by atoms with van der Waals surface area (Å²) in [5.74, 6) is -0.471. The van der Waals surface area contributed by atoms with Crippen LogP contribution < -0.4 is 0 Å². The lowest BCUT2D eigenvalue weighted by Gasteiger charge is -2.05. The van der Waals surface area contributed by atoms with Crippen LogP contribution in [0.4, 0.5) is 4.39 Å². The number of halogens is 4. The Morgan fingerprint density at radius 2 is 1.88 bits per heavy atom. The van der Waals surface area contributed by atoms with E-state index in [1.807, 2.05) is 0 Å². The van der Waals surface area contributed by atoms with Gasteiger partial charge in [-0.25, -0.2) is 9.37 Å². The largest absolute Gasteiger partial charge is 0.241 e. The molecule has 0 aliphatic carbocycles. The number of rotatable bonds is 1. The summed E-state index contributed by atoms with van der Waals surface area (Å²) < 4.78 is 15.1. The lowest BCUT2D eigenvalue weighted by Crippen LogP contribution is -1.89. The van der Waals surface area contributed by atoms with Crippen LogP contribution in [-0.4, -0.2) is 4.98 Å². The van der Waals surface area contributed by atoms with Crippen molar-refractivity contribution in [2.24, 2.45) is 0 Å². The number of hydrogen-bond acceptors (Lipinski definition) is 1. The molecule has 1 aromatic heterocycles. The summed E-state index contributed by atoms with van der Waals surface area (Å²) >= 11 is 12.2. The second-order valence-electron chi connectivity index (χ2n) is 3.07. The fourth-order valence-corrected chi connectivity index (χ4v) is 2.10. The highest BCUT2D eigenvalue weighted by atomic mass is 79.9. The molecule has 1 aromatic carbocycles. The molecule has 0 atom stereocenters. The van der Waals surface area contributed by atoms with E-state index in [0.29, 0.717) is 20.3 Å². The van der Waals surface area contributed by atoms with Crippen LogP contribution >= 0.6 is 43.5 Å². The lowest BCUT2D eigenvalue weighted by atomic mass is 10.1. The molecular formula is C11H5Br2ClFN. The van der Waals surface area contributed by atoms with Crippen molar-refractivity contribution in [2.75, 3.05) is 0 Å². The minimum absolute atomic E-state index is 0.0688. The summed E-state index contributed by atoms with van der Waals surface area (Å²) in [7, 11) is 0. The SMILES string of the molecule is Fc1c(-c2cccc(Br)n2)ccc(Br)c1Cl. The monoisotopic (exact) mass is 363 g/mol. The Morgan fingerprint density at radius 3 is 2.56 bits per heavy atom. The first kappa shape index (κ1) is 12.0. The molecule has 0 N–H and O–H groups in total. The van der Waals surface area contributed by atoms with Crippen LogP contribution in [0.25, 0.3) is 11.3 Å². The van der Waals surface area contributed by atoms with Crippen LogP contribution in [-0.2, 0) is 0 Å². The number of pyridine rings is 1.